The van der Waals surface area contributed by atoms with Crippen molar-refractivity contribution in [1.82, 2.24) is 10.2 Å². The first kappa shape index (κ1) is 19.6. The molecule has 6 nitrogen and oxygen atoms in total. The van der Waals surface area contributed by atoms with Crippen molar-refractivity contribution in [3.05, 3.63) is 64.7 Å². The molecule has 1 atom stereocenters. The third-order valence-electron chi connectivity index (χ3n) is 5.22. The fourth-order valence-electron chi connectivity index (χ4n) is 3.83. The summed E-state index contributed by atoms with van der Waals surface area (Å²) in [5, 5.41) is 5.64. The minimum atomic E-state index is -1.13. The van der Waals surface area contributed by atoms with E-state index in [-0.39, 0.29) is 6.54 Å². The van der Waals surface area contributed by atoms with Gasteiger partial charge in [0.15, 0.2) is 0 Å². The summed E-state index contributed by atoms with van der Waals surface area (Å²) < 4.78 is 0. The summed E-state index contributed by atoms with van der Waals surface area (Å²) in [6.07, 6.45) is 0.399. The maximum atomic E-state index is 13.1. The highest BCUT2D eigenvalue weighted by atomic mass is 16.2. The van der Waals surface area contributed by atoms with Crippen molar-refractivity contribution < 1.29 is 14.4 Å². The van der Waals surface area contributed by atoms with Gasteiger partial charge >= 0.3 is 6.03 Å². The zero-order chi connectivity index (χ0) is 20.5. The maximum absolute atomic E-state index is 13.1. The Morgan fingerprint density at radius 2 is 1.68 bits per heavy atom. The van der Waals surface area contributed by atoms with Crippen molar-refractivity contribution >= 4 is 23.5 Å². The first-order valence-corrected chi connectivity index (χ1v) is 9.36. The van der Waals surface area contributed by atoms with E-state index >= 15 is 0 Å². The van der Waals surface area contributed by atoms with Gasteiger partial charge in [0.25, 0.3) is 5.91 Å². The molecule has 0 saturated carbocycles. The van der Waals surface area contributed by atoms with Gasteiger partial charge in [-0.15, -0.1) is 0 Å². The second-order valence-corrected chi connectivity index (χ2v) is 7.27. The number of benzene rings is 2. The molecule has 2 aromatic rings. The predicted molar refractivity (Wildman–Crippen MR) is 108 cm³/mol. The summed E-state index contributed by atoms with van der Waals surface area (Å²) in [6.45, 7) is 7.34. The Morgan fingerprint density at radius 3 is 2.25 bits per heavy atom. The summed E-state index contributed by atoms with van der Waals surface area (Å²) in [6, 6.07) is 12.5. The second kappa shape index (κ2) is 7.46. The maximum Gasteiger partial charge on any atom is 0.325 e. The molecule has 1 aliphatic heterocycles. The summed E-state index contributed by atoms with van der Waals surface area (Å²) in [5.74, 6) is -0.808. The topological polar surface area (TPSA) is 78.5 Å². The number of nitrogens with one attached hydrogen (secondary N) is 2. The molecular formula is C22H25N3O3. The summed E-state index contributed by atoms with van der Waals surface area (Å²) in [4.78, 5) is 39.2. The van der Waals surface area contributed by atoms with Crippen molar-refractivity contribution in [1.29, 1.82) is 0 Å². The monoisotopic (exact) mass is 379 g/mol. The number of carbonyl (C=O) groups excluding carboxylic acids is 3. The molecule has 2 N–H and O–H groups in total. The average Bonchev–Trinajstić information content (AvgIpc) is 2.90. The molecule has 0 radical (unpaired) electrons. The molecule has 146 valence electrons. The molecule has 0 spiro atoms. The van der Waals surface area contributed by atoms with E-state index in [1.54, 1.807) is 0 Å². The number of hydrogen-bond acceptors (Lipinski definition) is 3. The van der Waals surface area contributed by atoms with Crippen LogP contribution in [0.25, 0.3) is 0 Å². The largest absolute Gasteiger partial charge is 0.325 e. The molecule has 0 unspecified atom stereocenters. The number of hydrogen-bond donors (Lipinski definition) is 2. The van der Waals surface area contributed by atoms with Crippen molar-refractivity contribution in [3.63, 3.8) is 0 Å². The molecule has 28 heavy (non-hydrogen) atoms. The molecule has 2 aromatic carbocycles. The molecule has 1 fully saturated rings. The third-order valence-corrected chi connectivity index (χ3v) is 5.22. The second-order valence-electron chi connectivity index (χ2n) is 7.27. The van der Waals surface area contributed by atoms with Crippen LogP contribution in [0.2, 0.25) is 0 Å². The van der Waals surface area contributed by atoms with Crippen LogP contribution in [0, 0.1) is 20.8 Å². The van der Waals surface area contributed by atoms with Crippen LogP contribution in [0.4, 0.5) is 10.5 Å². The lowest BCUT2D eigenvalue weighted by Crippen LogP contribution is -2.44. The number of nitrogens with zero attached hydrogens (tertiary/aromatic N) is 1. The predicted octanol–water partition coefficient (Wildman–Crippen LogP) is 3.41. The van der Waals surface area contributed by atoms with Gasteiger partial charge in [0, 0.05) is 5.69 Å². The van der Waals surface area contributed by atoms with Crippen molar-refractivity contribution in [2.75, 3.05) is 11.9 Å². The van der Waals surface area contributed by atoms with Gasteiger partial charge in [0.05, 0.1) is 0 Å². The molecule has 1 saturated heterocycles. The molecule has 1 heterocycles. The SMILES string of the molecule is CC[C@@]1(c2ccccc2)NC(=O)N(CC(=O)Nc2c(C)cc(C)cc2C)C1=O. The lowest BCUT2D eigenvalue weighted by atomic mass is 9.87. The molecule has 0 bridgehead atoms. The smallest absolute Gasteiger partial charge is 0.324 e. The highest BCUT2D eigenvalue weighted by Gasteiger charge is 2.51. The van der Waals surface area contributed by atoms with E-state index in [1.165, 1.54) is 0 Å². The molecule has 6 heteroatoms. The van der Waals surface area contributed by atoms with E-state index in [9.17, 15) is 14.4 Å². The van der Waals surface area contributed by atoms with E-state index < -0.39 is 23.4 Å². The minimum absolute atomic E-state index is 0.327. The number of rotatable bonds is 5. The lowest BCUT2D eigenvalue weighted by Gasteiger charge is -2.25. The van der Waals surface area contributed by atoms with E-state index in [0.717, 1.165) is 21.6 Å². The van der Waals surface area contributed by atoms with Crippen LogP contribution in [0.3, 0.4) is 0 Å². The minimum Gasteiger partial charge on any atom is -0.324 e. The molecule has 3 rings (SSSR count). The van der Waals surface area contributed by atoms with Gasteiger partial charge in [-0.05, 0) is 43.9 Å². The summed E-state index contributed by atoms with van der Waals surface area (Å²) in [5.41, 5.74) is 3.29. The number of imide groups is 1. The zero-order valence-electron chi connectivity index (χ0n) is 16.6. The first-order valence-electron chi connectivity index (χ1n) is 9.36. The van der Waals surface area contributed by atoms with Crippen LogP contribution < -0.4 is 10.6 Å². The fraction of sp³-hybridized carbons (Fsp3) is 0.318. The van der Waals surface area contributed by atoms with Crippen LogP contribution in [-0.4, -0.2) is 29.3 Å². The molecular weight excluding hydrogens is 354 g/mol. The van der Waals surface area contributed by atoms with Gasteiger partial charge in [0.2, 0.25) is 5.91 Å². The van der Waals surface area contributed by atoms with Crippen LogP contribution in [0.15, 0.2) is 42.5 Å². The van der Waals surface area contributed by atoms with E-state index in [1.807, 2.05) is 70.2 Å². The highest BCUT2D eigenvalue weighted by Crippen LogP contribution is 2.32. The molecule has 0 aliphatic carbocycles. The van der Waals surface area contributed by atoms with E-state index in [0.29, 0.717) is 17.7 Å². The van der Waals surface area contributed by atoms with Crippen LogP contribution >= 0.6 is 0 Å². The van der Waals surface area contributed by atoms with Crippen molar-refractivity contribution in [2.45, 2.75) is 39.7 Å². The third kappa shape index (κ3) is 3.38. The molecule has 0 aromatic heterocycles. The average molecular weight is 379 g/mol. The normalized spacial score (nSPS) is 18.9. The lowest BCUT2D eigenvalue weighted by molar-refractivity contribution is -0.134. The number of urea groups is 1. The fourth-order valence-corrected chi connectivity index (χ4v) is 3.83. The first-order chi connectivity index (χ1) is 13.3. The van der Waals surface area contributed by atoms with Crippen molar-refractivity contribution in [2.24, 2.45) is 0 Å². The number of anilines is 1. The Bertz CT molecular complexity index is 916. The van der Waals surface area contributed by atoms with Crippen molar-refractivity contribution in [3.8, 4) is 0 Å². The van der Waals surface area contributed by atoms with Gasteiger partial charge in [-0.25, -0.2) is 4.79 Å². The summed E-state index contributed by atoms with van der Waals surface area (Å²) in [7, 11) is 0. The van der Waals surface area contributed by atoms with E-state index in [2.05, 4.69) is 10.6 Å². The molecule has 4 amide bonds. The van der Waals surface area contributed by atoms with Crippen LogP contribution in [0.5, 0.6) is 0 Å². The highest BCUT2D eigenvalue weighted by molar-refractivity contribution is 6.10. The zero-order valence-corrected chi connectivity index (χ0v) is 16.6. The van der Waals surface area contributed by atoms with Gasteiger partial charge < -0.3 is 10.6 Å². The quantitative estimate of drug-likeness (QED) is 0.782. The van der Waals surface area contributed by atoms with Crippen LogP contribution in [0.1, 0.15) is 35.6 Å². The van der Waals surface area contributed by atoms with Gasteiger partial charge in [-0.3, -0.25) is 14.5 Å². The Hall–Kier alpha value is -3.15. The van der Waals surface area contributed by atoms with Gasteiger partial charge in [-0.1, -0.05) is 55.0 Å². The Labute approximate surface area is 164 Å². The Morgan fingerprint density at radius 1 is 1.07 bits per heavy atom. The number of carbonyl (C=O) groups is 3. The van der Waals surface area contributed by atoms with Gasteiger partial charge in [-0.2, -0.15) is 0 Å². The standard InChI is InChI=1S/C22H25N3O3/c1-5-22(17-9-7-6-8-10-17)20(27)25(21(28)24-22)13-18(26)23-19-15(3)11-14(2)12-16(19)4/h6-12H,5,13H2,1-4H3,(H,23,26)(H,24,28)/t22-/m0/s1. The Balaban J connectivity index is 1.80. The summed E-state index contributed by atoms with van der Waals surface area (Å²) >= 11 is 0. The number of amides is 4. The Kier molecular flexibility index (Phi) is 5.23. The van der Waals surface area contributed by atoms with E-state index in [4.69, 9.17) is 0 Å². The molecule has 1 aliphatic rings. The van der Waals surface area contributed by atoms with Crippen LogP contribution in [-0.2, 0) is 15.1 Å². The van der Waals surface area contributed by atoms with Gasteiger partial charge in [0.1, 0.15) is 12.1 Å². The number of aryl methyl sites for hydroxylation is 3.